The third kappa shape index (κ3) is 2.98. The lowest BCUT2D eigenvalue weighted by atomic mass is 9.65. The molecule has 2 aromatic rings. The number of aromatic nitrogens is 2. The van der Waals surface area contributed by atoms with E-state index in [0.29, 0.717) is 30.3 Å². The van der Waals surface area contributed by atoms with Crippen molar-refractivity contribution >= 4 is 5.91 Å². The number of carbonyl (C=O) groups excluding carboxylic acids is 1. The lowest BCUT2D eigenvalue weighted by molar-refractivity contribution is -0.139. The van der Waals surface area contributed by atoms with Crippen molar-refractivity contribution in [2.75, 3.05) is 6.54 Å². The normalized spacial score (nSPS) is 30.0. The van der Waals surface area contributed by atoms with Gasteiger partial charge in [0.05, 0.1) is 17.6 Å². The maximum Gasteiger partial charge on any atom is 0.226 e. The standard InChI is InChI=1S/C22H28N4O/c23-21-15-5-4-6-16(21)12-17(11-15)22(27)25-10-9-20-18(14-25)13-24-26(20)19-7-2-1-3-8-19/h1-3,7-8,13,15-17,21H,4-6,9-12,14,23H2. The van der Waals surface area contributed by atoms with E-state index in [1.807, 2.05) is 29.1 Å². The summed E-state index contributed by atoms with van der Waals surface area (Å²) in [5, 5.41) is 4.59. The maximum absolute atomic E-state index is 13.2. The van der Waals surface area contributed by atoms with Gasteiger partial charge in [-0.1, -0.05) is 24.6 Å². The van der Waals surface area contributed by atoms with E-state index in [1.165, 1.54) is 30.5 Å². The second kappa shape index (κ2) is 6.79. The van der Waals surface area contributed by atoms with Gasteiger partial charge in [0, 0.05) is 37.0 Å². The van der Waals surface area contributed by atoms with Crippen LogP contribution < -0.4 is 5.73 Å². The van der Waals surface area contributed by atoms with Gasteiger partial charge in [-0.15, -0.1) is 0 Å². The third-order valence-corrected chi connectivity index (χ3v) is 7.01. The Labute approximate surface area is 160 Å². The first-order valence-electron chi connectivity index (χ1n) is 10.4. The minimum atomic E-state index is 0.172. The van der Waals surface area contributed by atoms with Crippen molar-refractivity contribution in [1.29, 1.82) is 0 Å². The topological polar surface area (TPSA) is 64.2 Å². The Balaban J connectivity index is 1.31. The van der Waals surface area contributed by atoms with E-state index in [4.69, 9.17) is 5.73 Å². The first kappa shape index (κ1) is 17.0. The van der Waals surface area contributed by atoms with Gasteiger partial charge in [0.2, 0.25) is 5.91 Å². The lowest BCUT2D eigenvalue weighted by Gasteiger charge is -2.44. The zero-order valence-corrected chi connectivity index (χ0v) is 15.8. The van der Waals surface area contributed by atoms with E-state index in [2.05, 4.69) is 22.1 Å². The molecular weight excluding hydrogens is 336 g/mol. The minimum Gasteiger partial charge on any atom is -0.338 e. The van der Waals surface area contributed by atoms with Crippen LogP contribution in [0, 0.1) is 17.8 Å². The van der Waals surface area contributed by atoms with Crippen LogP contribution in [0.2, 0.25) is 0 Å². The van der Waals surface area contributed by atoms with Crippen LogP contribution in [0.5, 0.6) is 0 Å². The molecule has 1 aromatic carbocycles. The molecule has 3 aliphatic rings. The molecule has 5 heteroatoms. The number of fused-ring (bicyclic) bond motifs is 3. The van der Waals surface area contributed by atoms with Gasteiger partial charge in [0.1, 0.15) is 0 Å². The SMILES string of the molecule is NC1C2CCCC1CC(C(=O)N1CCc3c(cnn3-c3ccccc3)C1)C2. The molecule has 2 fully saturated rings. The molecule has 0 spiro atoms. The highest BCUT2D eigenvalue weighted by Crippen LogP contribution is 2.42. The summed E-state index contributed by atoms with van der Waals surface area (Å²) >= 11 is 0. The van der Waals surface area contributed by atoms with Crippen molar-refractivity contribution in [2.45, 2.75) is 51.1 Å². The molecule has 1 aromatic heterocycles. The van der Waals surface area contributed by atoms with Gasteiger partial charge in [-0.3, -0.25) is 4.79 Å². The number of rotatable bonds is 2. The van der Waals surface area contributed by atoms with Gasteiger partial charge in [0.25, 0.3) is 0 Å². The van der Waals surface area contributed by atoms with E-state index < -0.39 is 0 Å². The van der Waals surface area contributed by atoms with Gasteiger partial charge >= 0.3 is 0 Å². The number of benzene rings is 1. The van der Waals surface area contributed by atoms with Crippen LogP contribution in [-0.4, -0.2) is 33.2 Å². The smallest absolute Gasteiger partial charge is 0.226 e. The van der Waals surface area contributed by atoms with Gasteiger partial charge < -0.3 is 10.6 Å². The second-order valence-corrected chi connectivity index (χ2v) is 8.57. The fourth-order valence-corrected chi connectivity index (χ4v) is 5.56. The predicted octanol–water partition coefficient (Wildman–Crippen LogP) is 2.91. The summed E-state index contributed by atoms with van der Waals surface area (Å²) < 4.78 is 2.03. The molecule has 2 aliphatic carbocycles. The van der Waals surface area contributed by atoms with Crippen LogP contribution in [0.3, 0.4) is 0 Å². The summed E-state index contributed by atoms with van der Waals surface area (Å²) in [6, 6.07) is 10.6. The maximum atomic E-state index is 13.2. The molecule has 2 N–H and O–H groups in total. The fourth-order valence-electron chi connectivity index (χ4n) is 5.56. The van der Waals surface area contributed by atoms with Crippen LogP contribution in [0.4, 0.5) is 0 Å². The summed E-state index contributed by atoms with van der Waals surface area (Å²) in [6.07, 6.45) is 8.48. The van der Waals surface area contributed by atoms with Gasteiger partial charge in [-0.2, -0.15) is 5.10 Å². The molecule has 1 aliphatic heterocycles. The summed E-state index contributed by atoms with van der Waals surface area (Å²) in [5.41, 5.74) is 9.93. The average Bonchev–Trinajstić information content (AvgIpc) is 3.11. The van der Waals surface area contributed by atoms with Crippen LogP contribution >= 0.6 is 0 Å². The van der Waals surface area contributed by atoms with E-state index in [9.17, 15) is 4.79 Å². The molecule has 0 saturated heterocycles. The van der Waals surface area contributed by atoms with Crippen molar-refractivity contribution in [3.63, 3.8) is 0 Å². The van der Waals surface area contributed by atoms with Gasteiger partial charge in [-0.25, -0.2) is 4.68 Å². The Morgan fingerprint density at radius 1 is 1.11 bits per heavy atom. The molecular formula is C22H28N4O. The molecule has 2 saturated carbocycles. The van der Waals surface area contributed by atoms with Crippen molar-refractivity contribution in [3.8, 4) is 5.69 Å². The monoisotopic (exact) mass is 364 g/mol. The summed E-state index contributed by atoms with van der Waals surface area (Å²) in [4.78, 5) is 15.3. The molecule has 2 heterocycles. The zero-order chi connectivity index (χ0) is 18.4. The predicted molar refractivity (Wildman–Crippen MR) is 104 cm³/mol. The molecule has 2 atom stereocenters. The largest absolute Gasteiger partial charge is 0.338 e. The molecule has 142 valence electrons. The van der Waals surface area contributed by atoms with Crippen molar-refractivity contribution in [1.82, 2.24) is 14.7 Å². The summed E-state index contributed by atoms with van der Waals surface area (Å²) in [5.74, 6) is 1.61. The van der Waals surface area contributed by atoms with E-state index >= 15 is 0 Å². The summed E-state index contributed by atoms with van der Waals surface area (Å²) in [7, 11) is 0. The minimum absolute atomic E-state index is 0.172. The van der Waals surface area contributed by atoms with Crippen molar-refractivity contribution in [3.05, 3.63) is 47.8 Å². The molecule has 5 nitrogen and oxygen atoms in total. The van der Waals surface area contributed by atoms with Gasteiger partial charge in [-0.05, 0) is 49.7 Å². The molecule has 0 radical (unpaired) electrons. The first-order chi connectivity index (χ1) is 13.2. The Morgan fingerprint density at radius 3 is 2.59 bits per heavy atom. The zero-order valence-electron chi connectivity index (χ0n) is 15.8. The van der Waals surface area contributed by atoms with Gasteiger partial charge in [0.15, 0.2) is 0 Å². The average molecular weight is 364 g/mol. The Hall–Kier alpha value is -2.14. The Morgan fingerprint density at radius 2 is 1.85 bits per heavy atom. The number of carbonyl (C=O) groups is 1. The molecule has 2 bridgehead atoms. The number of nitrogens with zero attached hydrogens (tertiary/aromatic N) is 3. The number of amides is 1. The Bertz CT molecular complexity index is 816. The Kier molecular flexibility index (Phi) is 4.27. The lowest BCUT2D eigenvalue weighted by Crippen LogP contribution is -2.50. The molecule has 2 unspecified atom stereocenters. The van der Waals surface area contributed by atoms with Crippen LogP contribution in [0.15, 0.2) is 36.5 Å². The quantitative estimate of drug-likeness (QED) is 0.891. The van der Waals surface area contributed by atoms with E-state index in [0.717, 1.165) is 31.5 Å². The van der Waals surface area contributed by atoms with Crippen LogP contribution in [0.1, 0.15) is 43.4 Å². The second-order valence-electron chi connectivity index (χ2n) is 8.57. The van der Waals surface area contributed by atoms with E-state index in [-0.39, 0.29) is 5.92 Å². The highest BCUT2D eigenvalue weighted by atomic mass is 16.2. The summed E-state index contributed by atoms with van der Waals surface area (Å²) in [6.45, 7) is 1.49. The molecule has 27 heavy (non-hydrogen) atoms. The van der Waals surface area contributed by atoms with Crippen LogP contribution in [0.25, 0.3) is 5.69 Å². The van der Waals surface area contributed by atoms with Crippen LogP contribution in [-0.2, 0) is 17.8 Å². The highest BCUT2D eigenvalue weighted by Gasteiger charge is 2.42. The number of hydrogen-bond donors (Lipinski definition) is 1. The number of para-hydroxylation sites is 1. The number of hydrogen-bond acceptors (Lipinski definition) is 3. The third-order valence-electron chi connectivity index (χ3n) is 7.01. The molecule has 1 amide bonds. The fraction of sp³-hybridized carbons (Fsp3) is 0.545. The highest BCUT2D eigenvalue weighted by molar-refractivity contribution is 5.79. The number of nitrogens with two attached hydrogens (primary N) is 1. The van der Waals surface area contributed by atoms with Crippen molar-refractivity contribution in [2.24, 2.45) is 23.5 Å². The first-order valence-corrected chi connectivity index (χ1v) is 10.4. The molecule has 5 rings (SSSR count). The van der Waals surface area contributed by atoms with Crippen molar-refractivity contribution < 1.29 is 4.79 Å². The van der Waals surface area contributed by atoms with E-state index in [1.54, 1.807) is 0 Å².